The monoisotopic (exact) mass is 527 g/mol. The van der Waals surface area contributed by atoms with Crippen molar-refractivity contribution in [2.45, 2.75) is 18.1 Å². The summed E-state index contributed by atoms with van der Waals surface area (Å²) in [6, 6.07) is 30.7. The van der Waals surface area contributed by atoms with Crippen molar-refractivity contribution in [3.8, 4) is 0 Å². The quantitative estimate of drug-likeness (QED) is 0.206. The Morgan fingerprint density at radius 1 is 0.871 bits per heavy atom. The maximum atomic E-state index is 12.3. The fraction of sp³-hybridized carbons (Fsp3) is 0.269. The molecule has 0 aromatic heterocycles. The summed E-state index contributed by atoms with van der Waals surface area (Å²) in [6.45, 7) is 1.59. The first-order chi connectivity index (χ1) is 15.2. The van der Waals surface area contributed by atoms with E-state index in [0.717, 1.165) is 34.1 Å². The average Bonchev–Trinajstić information content (AvgIpc) is 3.19. The topological polar surface area (TPSA) is 38.8 Å². The molecule has 1 aliphatic rings. The van der Waals surface area contributed by atoms with Crippen LogP contribution in [0.1, 0.15) is 23.1 Å². The average molecular weight is 527 g/mol. The first-order valence-corrected chi connectivity index (χ1v) is 12.1. The van der Waals surface area contributed by atoms with E-state index in [1.165, 1.54) is 0 Å². The molecule has 0 bridgehead atoms. The summed E-state index contributed by atoms with van der Waals surface area (Å²) in [6.07, 6.45) is 0.422. The van der Waals surface area contributed by atoms with Crippen LogP contribution in [0.3, 0.4) is 0 Å². The number of benzene rings is 3. The molecular formula is C26H26INO3. The van der Waals surface area contributed by atoms with Gasteiger partial charge in [-0.15, -0.1) is 0 Å². The minimum atomic E-state index is -0.800. The number of alkyl halides is 1. The number of halogens is 1. The van der Waals surface area contributed by atoms with Gasteiger partial charge in [-0.1, -0.05) is 114 Å². The fourth-order valence-corrected chi connectivity index (χ4v) is 4.42. The molecule has 1 heterocycles. The van der Waals surface area contributed by atoms with E-state index in [4.69, 9.17) is 9.47 Å². The van der Waals surface area contributed by atoms with Gasteiger partial charge in [0, 0.05) is 11.0 Å². The number of carbonyl (C=O) groups is 1. The summed E-state index contributed by atoms with van der Waals surface area (Å²) >= 11 is 2.33. The van der Waals surface area contributed by atoms with Crippen LogP contribution in [0.2, 0.25) is 0 Å². The maximum absolute atomic E-state index is 12.3. The van der Waals surface area contributed by atoms with Crippen molar-refractivity contribution in [1.29, 1.82) is 0 Å². The molecule has 0 spiro atoms. The summed E-state index contributed by atoms with van der Waals surface area (Å²) in [5.74, 6) is 0. The molecular weight excluding hydrogens is 501 g/mol. The Balaban J connectivity index is 1.69. The predicted molar refractivity (Wildman–Crippen MR) is 131 cm³/mol. The lowest BCUT2D eigenvalue weighted by Gasteiger charge is -2.36. The number of cyclic esters (lactones) is 1. The molecule has 3 aromatic carbocycles. The number of carbonyl (C=O) groups excluding carboxylic acids is 1. The third kappa shape index (κ3) is 4.77. The molecule has 1 atom stereocenters. The second-order valence-corrected chi connectivity index (χ2v) is 8.66. The number of hydrogen-bond acceptors (Lipinski definition) is 3. The molecule has 4 rings (SSSR count). The standard InChI is InChI=1S/C26H26INO3/c27-17-10-18-28-19-24(31-25(28)29)20-30-26(21-11-4-1-5-12-21,22-13-6-2-7-14-22)23-15-8-3-9-16-23/h1-9,11-16,24H,10,17-20H2/t24-/m0/s1. The Morgan fingerprint density at radius 2 is 1.35 bits per heavy atom. The van der Waals surface area contributed by atoms with Gasteiger partial charge in [0.1, 0.15) is 11.7 Å². The zero-order chi connectivity index (χ0) is 21.5. The van der Waals surface area contributed by atoms with Crippen LogP contribution in [0.5, 0.6) is 0 Å². The second-order valence-electron chi connectivity index (χ2n) is 7.58. The van der Waals surface area contributed by atoms with Gasteiger partial charge in [-0.05, 0) is 23.1 Å². The van der Waals surface area contributed by atoms with Crippen molar-refractivity contribution < 1.29 is 14.3 Å². The summed E-state index contributed by atoms with van der Waals surface area (Å²) in [7, 11) is 0. The third-order valence-electron chi connectivity index (χ3n) is 5.54. The molecule has 31 heavy (non-hydrogen) atoms. The van der Waals surface area contributed by atoms with Crippen LogP contribution in [-0.4, -0.2) is 41.2 Å². The van der Waals surface area contributed by atoms with Gasteiger partial charge in [-0.2, -0.15) is 0 Å². The van der Waals surface area contributed by atoms with Crippen molar-refractivity contribution in [1.82, 2.24) is 4.90 Å². The molecule has 1 aliphatic heterocycles. The van der Waals surface area contributed by atoms with Crippen molar-refractivity contribution >= 4 is 28.7 Å². The number of hydrogen-bond donors (Lipinski definition) is 0. The Bertz CT molecular complexity index is 869. The summed E-state index contributed by atoms with van der Waals surface area (Å²) in [5, 5.41) is 0. The van der Waals surface area contributed by atoms with E-state index in [1.54, 1.807) is 4.90 Å². The molecule has 160 valence electrons. The van der Waals surface area contributed by atoms with Crippen LogP contribution in [0, 0.1) is 0 Å². The van der Waals surface area contributed by atoms with Crippen LogP contribution in [-0.2, 0) is 15.1 Å². The Kier molecular flexibility index (Phi) is 7.25. The maximum Gasteiger partial charge on any atom is 0.410 e. The highest BCUT2D eigenvalue weighted by Crippen LogP contribution is 2.40. The molecule has 1 amide bonds. The van der Waals surface area contributed by atoms with Gasteiger partial charge < -0.3 is 14.4 Å². The molecule has 4 nitrogen and oxygen atoms in total. The van der Waals surface area contributed by atoms with Crippen LogP contribution in [0.25, 0.3) is 0 Å². The van der Waals surface area contributed by atoms with Gasteiger partial charge in [0.05, 0.1) is 13.2 Å². The number of ether oxygens (including phenoxy) is 2. The van der Waals surface area contributed by atoms with Crippen LogP contribution < -0.4 is 0 Å². The number of amides is 1. The van der Waals surface area contributed by atoms with E-state index in [9.17, 15) is 4.79 Å². The van der Waals surface area contributed by atoms with Crippen molar-refractivity contribution in [3.63, 3.8) is 0 Å². The third-order valence-corrected chi connectivity index (χ3v) is 6.30. The summed E-state index contributed by atoms with van der Waals surface area (Å²) in [5.41, 5.74) is 2.32. The molecule has 0 unspecified atom stereocenters. The molecule has 1 fully saturated rings. The molecule has 0 saturated carbocycles. The minimum Gasteiger partial charge on any atom is -0.442 e. The SMILES string of the molecule is O=C1O[C@H](COC(c2ccccc2)(c2ccccc2)c2ccccc2)CN1CCCI. The molecule has 0 N–H and O–H groups in total. The van der Waals surface area contributed by atoms with Crippen molar-refractivity contribution in [2.75, 3.05) is 24.1 Å². The summed E-state index contributed by atoms with van der Waals surface area (Å²) in [4.78, 5) is 14.1. The fourth-order valence-electron chi connectivity index (χ4n) is 4.08. The van der Waals surface area contributed by atoms with E-state index in [-0.39, 0.29) is 12.2 Å². The van der Waals surface area contributed by atoms with E-state index in [0.29, 0.717) is 13.2 Å². The molecule has 0 aliphatic carbocycles. The van der Waals surface area contributed by atoms with Gasteiger partial charge in [-0.25, -0.2) is 4.79 Å². The van der Waals surface area contributed by atoms with Crippen molar-refractivity contribution in [3.05, 3.63) is 108 Å². The minimum absolute atomic E-state index is 0.247. The highest BCUT2D eigenvalue weighted by atomic mass is 127. The Morgan fingerprint density at radius 3 is 1.81 bits per heavy atom. The van der Waals surface area contributed by atoms with E-state index >= 15 is 0 Å². The highest BCUT2D eigenvalue weighted by Gasteiger charge is 2.40. The van der Waals surface area contributed by atoms with Gasteiger partial charge >= 0.3 is 6.09 Å². The normalized spacial score (nSPS) is 16.4. The van der Waals surface area contributed by atoms with Gasteiger partial charge in [0.25, 0.3) is 0 Å². The zero-order valence-corrected chi connectivity index (χ0v) is 19.5. The predicted octanol–water partition coefficient (Wildman–Crippen LogP) is 5.64. The van der Waals surface area contributed by atoms with Crippen LogP contribution in [0.4, 0.5) is 4.79 Å². The summed E-state index contributed by atoms with van der Waals surface area (Å²) < 4.78 is 13.4. The van der Waals surface area contributed by atoms with Crippen molar-refractivity contribution in [2.24, 2.45) is 0 Å². The second kappa shape index (κ2) is 10.3. The van der Waals surface area contributed by atoms with E-state index < -0.39 is 5.60 Å². The molecule has 1 saturated heterocycles. The smallest absolute Gasteiger partial charge is 0.410 e. The zero-order valence-electron chi connectivity index (χ0n) is 17.3. The lowest BCUT2D eigenvalue weighted by atomic mass is 9.80. The first kappa shape index (κ1) is 21.8. The first-order valence-electron chi connectivity index (χ1n) is 10.6. The van der Waals surface area contributed by atoms with Gasteiger partial charge in [-0.3, -0.25) is 0 Å². The van der Waals surface area contributed by atoms with Crippen LogP contribution in [0.15, 0.2) is 91.0 Å². The highest BCUT2D eigenvalue weighted by molar-refractivity contribution is 14.1. The van der Waals surface area contributed by atoms with Gasteiger partial charge in [0.2, 0.25) is 0 Å². The molecule has 3 aromatic rings. The lowest BCUT2D eigenvalue weighted by Crippen LogP contribution is -2.36. The van der Waals surface area contributed by atoms with Crippen LogP contribution >= 0.6 is 22.6 Å². The number of rotatable bonds is 9. The number of nitrogens with zero attached hydrogens (tertiary/aromatic N) is 1. The lowest BCUT2D eigenvalue weighted by molar-refractivity contribution is -0.0298. The van der Waals surface area contributed by atoms with E-state index in [2.05, 4.69) is 59.0 Å². The molecule has 5 heteroatoms. The van der Waals surface area contributed by atoms with Gasteiger partial charge in [0.15, 0.2) is 0 Å². The molecule has 0 radical (unpaired) electrons. The van der Waals surface area contributed by atoms with E-state index in [1.807, 2.05) is 54.6 Å². The Labute approximate surface area is 197 Å². The Hall–Kier alpha value is -2.38. The largest absolute Gasteiger partial charge is 0.442 e.